The molecule has 0 saturated heterocycles. The smallest absolute Gasteiger partial charge is 0.352 e. The summed E-state index contributed by atoms with van der Waals surface area (Å²) in [5.74, 6) is 0.704. The minimum Gasteiger partial charge on any atom is -0.434 e. The van der Waals surface area contributed by atoms with Crippen LogP contribution in [0.3, 0.4) is 0 Å². The maximum atomic E-state index is 11.2. The van der Waals surface area contributed by atoms with E-state index in [0.29, 0.717) is 5.75 Å². The topological polar surface area (TPSA) is 90.2 Å². The van der Waals surface area contributed by atoms with Gasteiger partial charge in [-0.25, -0.2) is 4.98 Å². The van der Waals surface area contributed by atoms with Crippen molar-refractivity contribution in [3.05, 3.63) is 45.6 Å². The number of benzene rings is 1. The molecule has 7 heteroatoms. The summed E-state index contributed by atoms with van der Waals surface area (Å²) in [5.41, 5.74) is 1.18. The average molecular weight is 288 g/mol. The van der Waals surface area contributed by atoms with E-state index < -0.39 is 4.92 Å². The van der Waals surface area contributed by atoms with Crippen molar-refractivity contribution in [3.63, 3.8) is 0 Å². The Balaban J connectivity index is 2.41. The number of rotatable bonds is 5. The zero-order valence-electron chi connectivity index (χ0n) is 12.1. The van der Waals surface area contributed by atoms with Gasteiger partial charge in [0, 0.05) is 7.05 Å². The van der Waals surface area contributed by atoms with Gasteiger partial charge < -0.3 is 10.1 Å². The standard InChI is InChI=1S/C14H16N4O3/c1-4-10-5-7-11(8-6-10)21-13-12(18(19)20)9(2)16-14(15-3)17-13/h5-8H,4H2,1-3H3,(H,15,16,17). The minimum absolute atomic E-state index is 0.0684. The molecule has 0 aliphatic rings. The molecule has 1 aromatic heterocycles. The molecule has 0 aliphatic carbocycles. The summed E-state index contributed by atoms with van der Waals surface area (Å²) in [7, 11) is 1.64. The lowest BCUT2D eigenvalue weighted by Crippen LogP contribution is -2.05. The molecule has 21 heavy (non-hydrogen) atoms. The molecule has 0 saturated carbocycles. The summed E-state index contributed by atoms with van der Waals surface area (Å²) in [6.07, 6.45) is 0.914. The van der Waals surface area contributed by atoms with E-state index in [0.717, 1.165) is 12.0 Å². The number of aromatic nitrogens is 2. The monoisotopic (exact) mass is 288 g/mol. The molecule has 1 aromatic carbocycles. The molecule has 110 valence electrons. The Morgan fingerprint density at radius 2 is 1.95 bits per heavy atom. The van der Waals surface area contributed by atoms with Gasteiger partial charge in [0.2, 0.25) is 5.95 Å². The molecule has 0 spiro atoms. The third kappa shape index (κ3) is 3.25. The first-order chi connectivity index (χ1) is 10.0. The Morgan fingerprint density at radius 3 is 2.48 bits per heavy atom. The van der Waals surface area contributed by atoms with Crippen LogP contribution in [0.4, 0.5) is 11.6 Å². The molecule has 0 radical (unpaired) electrons. The van der Waals surface area contributed by atoms with E-state index in [9.17, 15) is 10.1 Å². The van der Waals surface area contributed by atoms with Gasteiger partial charge in [-0.2, -0.15) is 4.98 Å². The number of nitro groups is 1. The van der Waals surface area contributed by atoms with Crippen molar-refractivity contribution in [1.29, 1.82) is 0 Å². The van der Waals surface area contributed by atoms with Crippen LogP contribution in [-0.2, 0) is 6.42 Å². The zero-order chi connectivity index (χ0) is 15.4. The molecule has 0 atom stereocenters. The van der Waals surface area contributed by atoms with Crippen LogP contribution >= 0.6 is 0 Å². The Kier molecular flexibility index (Phi) is 4.32. The van der Waals surface area contributed by atoms with Crippen molar-refractivity contribution in [1.82, 2.24) is 9.97 Å². The minimum atomic E-state index is -0.537. The van der Waals surface area contributed by atoms with Crippen LogP contribution in [-0.4, -0.2) is 21.9 Å². The van der Waals surface area contributed by atoms with Crippen LogP contribution in [0.25, 0.3) is 0 Å². The number of aryl methyl sites for hydroxylation is 2. The third-order valence-electron chi connectivity index (χ3n) is 2.98. The second-order valence-corrected chi connectivity index (χ2v) is 4.39. The normalized spacial score (nSPS) is 10.2. The number of anilines is 1. The van der Waals surface area contributed by atoms with E-state index in [-0.39, 0.29) is 23.2 Å². The first kappa shape index (κ1) is 14.7. The largest absolute Gasteiger partial charge is 0.434 e. The van der Waals surface area contributed by atoms with E-state index >= 15 is 0 Å². The lowest BCUT2D eigenvalue weighted by molar-refractivity contribution is -0.386. The van der Waals surface area contributed by atoms with Gasteiger partial charge in [0.05, 0.1) is 4.92 Å². The van der Waals surface area contributed by atoms with Crippen molar-refractivity contribution in [2.45, 2.75) is 20.3 Å². The Morgan fingerprint density at radius 1 is 1.29 bits per heavy atom. The highest BCUT2D eigenvalue weighted by Crippen LogP contribution is 2.32. The molecular formula is C14H16N4O3. The van der Waals surface area contributed by atoms with Crippen LogP contribution in [0.15, 0.2) is 24.3 Å². The fraction of sp³-hybridized carbons (Fsp3) is 0.286. The van der Waals surface area contributed by atoms with Crippen LogP contribution in [0, 0.1) is 17.0 Å². The second-order valence-electron chi connectivity index (χ2n) is 4.39. The van der Waals surface area contributed by atoms with Crippen LogP contribution < -0.4 is 10.1 Å². The van der Waals surface area contributed by atoms with Gasteiger partial charge in [-0.3, -0.25) is 10.1 Å². The maximum Gasteiger partial charge on any atom is 0.352 e. The fourth-order valence-corrected chi connectivity index (χ4v) is 1.84. The molecule has 0 bridgehead atoms. The Bertz CT molecular complexity index is 656. The molecule has 2 rings (SSSR count). The van der Waals surface area contributed by atoms with Crippen molar-refractivity contribution in [3.8, 4) is 11.6 Å². The predicted octanol–water partition coefficient (Wildman–Crippen LogP) is 3.09. The van der Waals surface area contributed by atoms with Gasteiger partial charge in [0.25, 0.3) is 0 Å². The number of ether oxygens (including phenoxy) is 1. The number of hydrogen-bond donors (Lipinski definition) is 1. The van der Waals surface area contributed by atoms with Crippen molar-refractivity contribution in [2.24, 2.45) is 0 Å². The quantitative estimate of drug-likeness (QED) is 0.671. The van der Waals surface area contributed by atoms with E-state index in [1.165, 1.54) is 0 Å². The summed E-state index contributed by atoms with van der Waals surface area (Å²) in [6.45, 7) is 3.60. The molecule has 0 fully saturated rings. The highest BCUT2D eigenvalue weighted by Gasteiger charge is 2.24. The van der Waals surface area contributed by atoms with E-state index in [1.807, 2.05) is 19.1 Å². The molecule has 0 amide bonds. The fourth-order valence-electron chi connectivity index (χ4n) is 1.84. The van der Waals surface area contributed by atoms with Gasteiger partial charge in [-0.15, -0.1) is 0 Å². The zero-order valence-corrected chi connectivity index (χ0v) is 12.1. The number of nitrogens with zero attached hydrogens (tertiary/aromatic N) is 3. The van der Waals surface area contributed by atoms with E-state index in [2.05, 4.69) is 15.3 Å². The van der Waals surface area contributed by atoms with Crippen molar-refractivity contribution in [2.75, 3.05) is 12.4 Å². The lowest BCUT2D eigenvalue weighted by atomic mass is 10.2. The Labute approximate surface area is 122 Å². The lowest BCUT2D eigenvalue weighted by Gasteiger charge is -2.08. The Hall–Kier alpha value is -2.70. The van der Waals surface area contributed by atoms with E-state index in [1.54, 1.807) is 26.1 Å². The average Bonchev–Trinajstić information content (AvgIpc) is 2.47. The summed E-state index contributed by atoms with van der Waals surface area (Å²) in [6, 6.07) is 7.35. The molecular weight excluding hydrogens is 272 g/mol. The second kappa shape index (κ2) is 6.17. The molecule has 0 unspecified atom stereocenters. The molecule has 2 aromatic rings. The van der Waals surface area contributed by atoms with Crippen LogP contribution in [0.1, 0.15) is 18.2 Å². The highest BCUT2D eigenvalue weighted by atomic mass is 16.6. The van der Waals surface area contributed by atoms with E-state index in [4.69, 9.17) is 4.74 Å². The van der Waals surface area contributed by atoms with Crippen LogP contribution in [0.5, 0.6) is 11.6 Å². The highest BCUT2D eigenvalue weighted by molar-refractivity contribution is 5.50. The van der Waals surface area contributed by atoms with Gasteiger partial charge in [0.1, 0.15) is 11.4 Å². The molecule has 1 heterocycles. The first-order valence-electron chi connectivity index (χ1n) is 6.52. The maximum absolute atomic E-state index is 11.2. The van der Waals surface area contributed by atoms with Crippen LogP contribution in [0.2, 0.25) is 0 Å². The van der Waals surface area contributed by atoms with Gasteiger partial charge in [-0.05, 0) is 31.0 Å². The molecule has 7 nitrogen and oxygen atoms in total. The third-order valence-corrected chi connectivity index (χ3v) is 2.98. The number of nitrogens with one attached hydrogen (secondary N) is 1. The summed E-state index contributed by atoms with van der Waals surface area (Å²) < 4.78 is 5.56. The van der Waals surface area contributed by atoms with Gasteiger partial charge >= 0.3 is 11.6 Å². The predicted molar refractivity (Wildman–Crippen MR) is 78.9 cm³/mol. The van der Waals surface area contributed by atoms with Crippen molar-refractivity contribution < 1.29 is 9.66 Å². The molecule has 1 N–H and O–H groups in total. The summed E-state index contributed by atoms with van der Waals surface area (Å²) in [4.78, 5) is 18.6. The van der Waals surface area contributed by atoms with Gasteiger partial charge in [0.15, 0.2) is 0 Å². The summed E-state index contributed by atoms with van der Waals surface area (Å²) >= 11 is 0. The SMILES string of the molecule is CCc1ccc(Oc2nc(NC)nc(C)c2[N+](=O)[O-])cc1. The van der Waals surface area contributed by atoms with Gasteiger partial charge in [-0.1, -0.05) is 19.1 Å². The molecule has 0 aliphatic heterocycles. The number of hydrogen-bond acceptors (Lipinski definition) is 6. The summed E-state index contributed by atoms with van der Waals surface area (Å²) in [5, 5.41) is 13.9. The first-order valence-corrected chi connectivity index (χ1v) is 6.52. The van der Waals surface area contributed by atoms with Crippen molar-refractivity contribution >= 4 is 11.6 Å².